The van der Waals surface area contributed by atoms with Crippen molar-refractivity contribution in [2.24, 2.45) is 5.92 Å². The predicted molar refractivity (Wildman–Crippen MR) is 121 cm³/mol. The summed E-state index contributed by atoms with van der Waals surface area (Å²) in [6.07, 6.45) is 1.78. The fourth-order valence-corrected chi connectivity index (χ4v) is 5.64. The minimum atomic E-state index is -3.81. The number of rotatable bonds is 5. The van der Waals surface area contributed by atoms with E-state index in [0.29, 0.717) is 24.3 Å². The van der Waals surface area contributed by atoms with Crippen LogP contribution < -0.4 is 5.32 Å². The first-order chi connectivity index (χ1) is 14.6. The lowest BCUT2D eigenvalue weighted by Gasteiger charge is -2.30. The molecule has 2 aromatic rings. The summed E-state index contributed by atoms with van der Waals surface area (Å²) >= 11 is 6.21. The van der Waals surface area contributed by atoms with E-state index in [4.69, 9.17) is 11.6 Å². The molecule has 0 saturated carbocycles. The number of carbonyl (C=O) groups excluding carboxylic acids is 2. The lowest BCUT2D eigenvalue weighted by Crippen LogP contribution is -2.39. The van der Waals surface area contributed by atoms with Crippen molar-refractivity contribution < 1.29 is 18.0 Å². The molecule has 0 spiro atoms. The molecule has 166 valence electrons. The van der Waals surface area contributed by atoms with Crippen LogP contribution in [0.3, 0.4) is 0 Å². The van der Waals surface area contributed by atoms with Crippen LogP contribution in [0.4, 0.5) is 5.69 Å². The molecule has 0 aromatic heterocycles. The average molecular weight is 464 g/mol. The van der Waals surface area contributed by atoms with Gasteiger partial charge in [-0.15, -0.1) is 0 Å². The first-order valence-electron chi connectivity index (χ1n) is 10.0. The fraction of sp³-hybridized carbons (Fsp3) is 0.364. The molecule has 1 aliphatic heterocycles. The van der Waals surface area contributed by atoms with Crippen LogP contribution in [0.15, 0.2) is 47.4 Å². The van der Waals surface area contributed by atoms with Crippen LogP contribution in [0, 0.1) is 5.92 Å². The van der Waals surface area contributed by atoms with Gasteiger partial charge >= 0.3 is 0 Å². The second-order valence-electron chi connectivity index (χ2n) is 7.99. The molecule has 1 atom stereocenters. The van der Waals surface area contributed by atoms with Gasteiger partial charge in [0.1, 0.15) is 4.90 Å². The van der Waals surface area contributed by atoms with E-state index in [2.05, 4.69) is 5.32 Å². The van der Waals surface area contributed by atoms with Crippen LogP contribution >= 0.6 is 11.6 Å². The smallest absolute Gasteiger partial charge is 0.255 e. The quantitative estimate of drug-likeness (QED) is 0.732. The van der Waals surface area contributed by atoms with E-state index in [1.54, 1.807) is 38.4 Å². The highest BCUT2D eigenvalue weighted by Gasteiger charge is 2.31. The van der Waals surface area contributed by atoms with Crippen LogP contribution in [-0.2, 0) is 10.0 Å². The van der Waals surface area contributed by atoms with Crippen molar-refractivity contribution in [3.63, 3.8) is 0 Å². The monoisotopic (exact) mass is 463 g/mol. The Labute approximate surface area is 188 Å². The van der Waals surface area contributed by atoms with Crippen LogP contribution in [-0.4, -0.2) is 56.6 Å². The lowest BCUT2D eigenvalue weighted by atomic mass is 10.0. The standard InChI is InChI=1S/C22H26ClN3O4S/c1-15-6-5-11-26(14-15)31(29,30)20-13-16(9-10-19(20)23)21(27)24-18-8-4-7-17(12-18)22(28)25(2)3/h4,7-10,12-13,15H,5-6,11,14H2,1-3H3,(H,24,27). The van der Waals surface area contributed by atoms with E-state index < -0.39 is 15.9 Å². The summed E-state index contributed by atoms with van der Waals surface area (Å²) in [6, 6.07) is 10.8. The van der Waals surface area contributed by atoms with E-state index >= 15 is 0 Å². The number of amides is 2. The van der Waals surface area contributed by atoms with Gasteiger partial charge in [-0.2, -0.15) is 4.31 Å². The highest BCUT2D eigenvalue weighted by molar-refractivity contribution is 7.89. The number of benzene rings is 2. The van der Waals surface area contributed by atoms with E-state index in [1.165, 1.54) is 27.4 Å². The first kappa shape index (κ1) is 23.2. The van der Waals surface area contributed by atoms with Crippen molar-refractivity contribution in [1.82, 2.24) is 9.21 Å². The number of anilines is 1. The Morgan fingerprint density at radius 3 is 2.55 bits per heavy atom. The average Bonchev–Trinajstić information content (AvgIpc) is 2.73. The van der Waals surface area contributed by atoms with Crippen molar-refractivity contribution in [2.75, 3.05) is 32.5 Å². The molecule has 7 nitrogen and oxygen atoms in total. The van der Waals surface area contributed by atoms with Gasteiger partial charge in [0.25, 0.3) is 11.8 Å². The third-order valence-electron chi connectivity index (χ3n) is 5.20. The minimum Gasteiger partial charge on any atom is -0.345 e. The molecule has 0 radical (unpaired) electrons. The molecule has 9 heteroatoms. The van der Waals surface area contributed by atoms with E-state index in [0.717, 1.165) is 12.8 Å². The summed E-state index contributed by atoms with van der Waals surface area (Å²) in [4.78, 5) is 26.3. The van der Waals surface area contributed by atoms with Crippen molar-refractivity contribution >= 4 is 39.1 Å². The summed E-state index contributed by atoms with van der Waals surface area (Å²) in [6.45, 7) is 2.89. The molecule has 2 aromatic carbocycles. The topological polar surface area (TPSA) is 86.8 Å². The second-order valence-corrected chi connectivity index (χ2v) is 10.3. The van der Waals surface area contributed by atoms with Crippen LogP contribution in [0.2, 0.25) is 5.02 Å². The van der Waals surface area contributed by atoms with E-state index in [9.17, 15) is 18.0 Å². The van der Waals surface area contributed by atoms with Gasteiger partial charge in [-0.3, -0.25) is 9.59 Å². The zero-order valence-corrected chi connectivity index (χ0v) is 19.3. The van der Waals surface area contributed by atoms with Gasteiger partial charge in [-0.1, -0.05) is 24.6 Å². The largest absolute Gasteiger partial charge is 0.345 e. The summed E-state index contributed by atoms with van der Waals surface area (Å²) in [7, 11) is -0.520. The lowest BCUT2D eigenvalue weighted by molar-refractivity contribution is 0.0827. The number of nitrogens with zero attached hydrogens (tertiary/aromatic N) is 2. The first-order valence-corrected chi connectivity index (χ1v) is 11.8. The third-order valence-corrected chi connectivity index (χ3v) is 7.55. The van der Waals surface area contributed by atoms with Crippen LogP contribution in [0.1, 0.15) is 40.5 Å². The molecule has 0 aliphatic carbocycles. The molecule has 1 aliphatic rings. The van der Waals surface area contributed by atoms with Crippen LogP contribution in [0.5, 0.6) is 0 Å². The maximum Gasteiger partial charge on any atom is 0.255 e. The Hall–Kier alpha value is -2.42. The third kappa shape index (κ3) is 5.26. The normalized spacial score (nSPS) is 17.2. The molecule has 3 rings (SSSR count). The highest BCUT2D eigenvalue weighted by Crippen LogP contribution is 2.29. The van der Waals surface area contributed by atoms with Gasteiger partial charge in [-0.05, 0) is 55.2 Å². The molecule has 0 bridgehead atoms. The number of piperidine rings is 1. The molecule has 1 saturated heterocycles. The van der Waals surface area contributed by atoms with Gasteiger partial charge in [0.15, 0.2) is 0 Å². The Bertz CT molecular complexity index is 1100. The Morgan fingerprint density at radius 1 is 1.13 bits per heavy atom. The molecule has 1 N–H and O–H groups in total. The fourth-order valence-electron chi connectivity index (χ4n) is 3.54. The number of sulfonamides is 1. The van der Waals surface area contributed by atoms with Gasteiger partial charge in [0.2, 0.25) is 10.0 Å². The van der Waals surface area contributed by atoms with Gasteiger partial charge in [0, 0.05) is 44.0 Å². The summed E-state index contributed by atoms with van der Waals surface area (Å²) < 4.78 is 27.7. The number of carbonyl (C=O) groups is 2. The van der Waals surface area contributed by atoms with E-state index in [-0.39, 0.29) is 27.3 Å². The number of halogens is 1. The van der Waals surface area contributed by atoms with Gasteiger partial charge in [0.05, 0.1) is 5.02 Å². The summed E-state index contributed by atoms with van der Waals surface area (Å²) in [5, 5.41) is 2.79. The molecule has 31 heavy (non-hydrogen) atoms. The van der Waals surface area contributed by atoms with E-state index in [1.807, 2.05) is 6.92 Å². The summed E-state index contributed by atoms with van der Waals surface area (Å²) in [5.74, 6) is -0.410. The number of hydrogen-bond donors (Lipinski definition) is 1. The Morgan fingerprint density at radius 2 is 1.87 bits per heavy atom. The molecule has 2 amide bonds. The Kier molecular flexibility index (Phi) is 7.03. The number of hydrogen-bond acceptors (Lipinski definition) is 4. The van der Waals surface area contributed by atoms with Crippen molar-refractivity contribution in [2.45, 2.75) is 24.7 Å². The number of nitrogens with one attached hydrogen (secondary N) is 1. The highest BCUT2D eigenvalue weighted by atomic mass is 35.5. The molecule has 1 unspecified atom stereocenters. The van der Waals surface area contributed by atoms with Gasteiger partial charge in [-0.25, -0.2) is 8.42 Å². The SMILES string of the molecule is CC1CCCN(S(=O)(=O)c2cc(C(=O)Nc3cccc(C(=O)N(C)C)c3)ccc2Cl)C1. The summed E-state index contributed by atoms with van der Waals surface area (Å²) in [5.41, 5.74) is 1.03. The zero-order chi connectivity index (χ0) is 22.8. The second kappa shape index (κ2) is 9.38. The van der Waals surface area contributed by atoms with Crippen molar-refractivity contribution in [3.05, 3.63) is 58.6 Å². The van der Waals surface area contributed by atoms with Crippen molar-refractivity contribution in [1.29, 1.82) is 0 Å². The molecular weight excluding hydrogens is 438 g/mol. The Balaban J connectivity index is 1.85. The van der Waals surface area contributed by atoms with Crippen molar-refractivity contribution in [3.8, 4) is 0 Å². The van der Waals surface area contributed by atoms with Crippen LogP contribution in [0.25, 0.3) is 0 Å². The van der Waals surface area contributed by atoms with Gasteiger partial charge < -0.3 is 10.2 Å². The molecule has 1 heterocycles. The molecule has 1 fully saturated rings. The zero-order valence-electron chi connectivity index (χ0n) is 17.8. The predicted octanol–water partition coefficient (Wildman–Crippen LogP) is 3.71. The molecular formula is C22H26ClN3O4S. The maximum absolute atomic E-state index is 13.1. The minimum absolute atomic E-state index is 0.0764. The maximum atomic E-state index is 13.1.